The molecule has 0 aromatic rings. The number of methoxy groups -OCH3 is 1. The van der Waals surface area contributed by atoms with Gasteiger partial charge in [0.1, 0.15) is 0 Å². The fourth-order valence-corrected chi connectivity index (χ4v) is 2.47. The highest BCUT2D eigenvalue weighted by molar-refractivity contribution is 4.91. The standard InChI is InChI=1S/C14H31NO/c1-7-12(5)11-13(15-10-4)14(8-2,9-3)16-6/h12-13,15H,7-11H2,1-6H3. The van der Waals surface area contributed by atoms with Crippen molar-refractivity contribution in [3.8, 4) is 0 Å². The number of likely N-dealkylation sites (N-methyl/N-ethyl adjacent to an activating group) is 1. The first-order valence-electron chi connectivity index (χ1n) is 6.88. The van der Waals surface area contributed by atoms with Gasteiger partial charge in [-0.1, -0.05) is 41.0 Å². The van der Waals surface area contributed by atoms with Crippen LogP contribution in [0.3, 0.4) is 0 Å². The summed E-state index contributed by atoms with van der Waals surface area (Å²) in [6.07, 6.45) is 4.61. The summed E-state index contributed by atoms with van der Waals surface area (Å²) in [4.78, 5) is 0. The van der Waals surface area contributed by atoms with Gasteiger partial charge in [-0.25, -0.2) is 0 Å². The molecular formula is C14H31NO. The first kappa shape index (κ1) is 15.9. The van der Waals surface area contributed by atoms with Crippen LogP contribution >= 0.6 is 0 Å². The normalized spacial score (nSPS) is 16.1. The van der Waals surface area contributed by atoms with Crippen LogP contribution in [0.4, 0.5) is 0 Å². The second kappa shape index (κ2) is 8.08. The predicted octanol–water partition coefficient (Wildman–Crippen LogP) is 3.61. The van der Waals surface area contributed by atoms with Crippen LogP contribution in [0.5, 0.6) is 0 Å². The van der Waals surface area contributed by atoms with Crippen LogP contribution in [-0.2, 0) is 4.74 Å². The van der Waals surface area contributed by atoms with Crippen molar-refractivity contribution in [2.45, 2.75) is 71.9 Å². The van der Waals surface area contributed by atoms with Gasteiger partial charge in [0.15, 0.2) is 0 Å². The van der Waals surface area contributed by atoms with E-state index in [1.807, 2.05) is 7.11 Å². The molecule has 0 heterocycles. The Morgan fingerprint density at radius 1 is 1.12 bits per heavy atom. The molecule has 0 fully saturated rings. The van der Waals surface area contributed by atoms with Gasteiger partial charge in [0, 0.05) is 13.2 Å². The first-order chi connectivity index (χ1) is 7.60. The van der Waals surface area contributed by atoms with E-state index in [4.69, 9.17) is 4.74 Å². The summed E-state index contributed by atoms with van der Waals surface area (Å²) in [7, 11) is 1.86. The van der Waals surface area contributed by atoms with Crippen molar-refractivity contribution in [2.75, 3.05) is 13.7 Å². The molecule has 98 valence electrons. The Hall–Kier alpha value is -0.0800. The maximum absolute atomic E-state index is 5.83. The highest BCUT2D eigenvalue weighted by Crippen LogP contribution is 2.28. The second-order valence-electron chi connectivity index (χ2n) is 4.84. The van der Waals surface area contributed by atoms with Crippen LogP contribution in [0.25, 0.3) is 0 Å². The summed E-state index contributed by atoms with van der Waals surface area (Å²) in [6, 6.07) is 0.479. The SMILES string of the molecule is CCNC(CC(C)CC)C(CC)(CC)OC. The van der Waals surface area contributed by atoms with E-state index >= 15 is 0 Å². The molecule has 0 spiro atoms. The number of nitrogens with one attached hydrogen (secondary N) is 1. The van der Waals surface area contributed by atoms with Crippen molar-refractivity contribution in [1.29, 1.82) is 0 Å². The van der Waals surface area contributed by atoms with Gasteiger partial charge in [-0.05, 0) is 31.7 Å². The lowest BCUT2D eigenvalue weighted by Crippen LogP contribution is -2.52. The Morgan fingerprint density at radius 3 is 2.00 bits per heavy atom. The molecule has 0 radical (unpaired) electrons. The minimum Gasteiger partial charge on any atom is -0.377 e. The van der Waals surface area contributed by atoms with Crippen molar-refractivity contribution >= 4 is 0 Å². The maximum atomic E-state index is 5.83. The average molecular weight is 229 g/mol. The second-order valence-corrected chi connectivity index (χ2v) is 4.84. The summed E-state index contributed by atoms with van der Waals surface area (Å²) < 4.78 is 5.83. The molecule has 1 N–H and O–H groups in total. The van der Waals surface area contributed by atoms with E-state index in [1.165, 1.54) is 12.8 Å². The average Bonchev–Trinajstić information content (AvgIpc) is 2.32. The molecular weight excluding hydrogens is 198 g/mol. The van der Waals surface area contributed by atoms with Crippen molar-refractivity contribution in [1.82, 2.24) is 5.32 Å². The molecule has 0 rings (SSSR count). The van der Waals surface area contributed by atoms with E-state index in [0.29, 0.717) is 6.04 Å². The molecule has 0 aliphatic carbocycles. The van der Waals surface area contributed by atoms with Crippen molar-refractivity contribution in [3.63, 3.8) is 0 Å². The quantitative estimate of drug-likeness (QED) is 0.652. The smallest absolute Gasteiger partial charge is 0.0825 e. The summed E-state index contributed by atoms with van der Waals surface area (Å²) in [5.74, 6) is 0.761. The molecule has 2 atom stereocenters. The van der Waals surface area contributed by atoms with E-state index < -0.39 is 0 Å². The van der Waals surface area contributed by atoms with Gasteiger partial charge in [0.25, 0.3) is 0 Å². The Morgan fingerprint density at radius 2 is 1.69 bits per heavy atom. The van der Waals surface area contributed by atoms with Gasteiger partial charge in [0.05, 0.1) is 5.60 Å². The topological polar surface area (TPSA) is 21.3 Å². The van der Waals surface area contributed by atoms with Crippen molar-refractivity contribution < 1.29 is 4.74 Å². The molecule has 2 heteroatoms. The van der Waals surface area contributed by atoms with E-state index in [-0.39, 0.29) is 5.60 Å². The molecule has 2 nitrogen and oxygen atoms in total. The predicted molar refractivity (Wildman–Crippen MR) is 71.9 cm³/mol. The van der Waals surface area contributed by atoms with E-state index in [0.717, 1.165) is 25.3 Å². The Kier molecular flexibility index (Phi) is 8.04. The van der Waals surface area contributed by atoms with Gasteiger partial charge >= 0.3 is 0 Å². The van der Waals surface area contributed by atoms with Crippen molar-refractivity contribution in [3.05, 3.63) is 0 Å². The third kappa shape index (κ3) is 4.06. The van der Waals surface area contributed by atoms with Crippen LogP contribution in [0.1, 0.15) is 60.3 Å². The fourth-order valence-electron chi connectivity index (χ4n) is 2.47. The molecule has 0 saturated heterocycles. The van der Waals surface area contributed by atoms with E-state index in [9.17, 15) is 0 Å². The molecule has 0 aromatic carbocycles. The minimum atomic E-state index is 0.0133. The van der Waals surface area contributed by atoms with Gasteiger partial charge in [-0.15, -0.1) is 0 Å². The third-order valence-corrected chi connectivity index (χ3v) is 4.02. The Bertz CT molecular complexity index is 158. The molecule has 0 bridgehead atoms. The van der Waals surface area contributed by atoms with Gasteiger partial charge in [-0.3, -0.25) is 0 Å². The lowest BCUT2D eigenvalue weighted by Gasteiger charge is -2.40. The van der Waals surface area contributed by atoms with E-state index in [1.54, 1.807) is 0 Å². The van der Waals surface area contributed by atoms with Gasteiger partial charge in [0.2, 0.25) is 0 Å². The van der Waals surface area contributed by atoms with Gasteiger partial charge in [-0.2, -0.15) is 0 Å². The Balaban J connectivity index is 4.69. The number of hydrogen-bond acceptors (Lipinski definition) is 2. The zero-order valence-electron chi connectivity index (χ0n) is 12.1. The van der Waals surface area contributed by atoms with Crippen LogP contribution in [-0.4, -0.2) is 25.3 Å². The molecule has 0 aromatic heterocycles. The molecule has 0 aliphatic heterocycles. The lowest BCUT2D eigenvalue weighted by molar-refractivity contribution is -0.0523. The minimum absolute atomic E-state index is 0.0133. The maximum Gasteiger partial charge on any atom is 0.0825 e. The summed E-state index contributed by atoms with van der Waals surface area (Å²) in [5.41, 5.74) is 0.0133. The lowest BCUT2D eigenvalue weighted by atomic mass is 9.82. The molecule has 0 saturated carbocycles. The third-order valence-electron chi connectivity index (χ3n) is 4.02. The van der Waals surface area contributed by atoms with E-state index in [2.05, 4.69) is 39.9 Å². The number of hydrogen-bond donors (Lipinski definition) is 1. The van der Waals surface area contributed by atoms with Crippen LogP contribution in [0.2, 0.25) is 0 Å². The number of rotatable bonds is 9. The monoisotopic (exact) mass is 229 g/mol. The Labute approximate surface area is 102 Å². The van der Waals surface area contributed by atoms with Crippen molar-refractivity contribution in [2.24, 2.45) is 5.92 Å². The summed E-state index contributed by atoms with van der Waals surface area (Å²) in [6.45, 7) is 12.2. The summed E-state index contributed by atoms with van der Waals surface area (Å²) >= 11 is 0. The fraction of sp³-hybridized carbons (Fsp3) is 1.00. The molecule has 0 amide bonds. The highest BCUT2D eigenvalue weighted by atomic mass is 16.5. The van der Waals surface area contributed by atoms with Crippen LogP contribution in [0.15, 0.2) is 0 Å². The zero-order valence-corrected chi connectivity index (χ0v) is 12.1. The zero-order chi connectivity index (χ0) is 12.6. The molecule has 2 unspecified atom stereocenters. The van der Waals surface area contributed by atoms with Crippen LogP contribution in [0, 0.1) is 5.92 Å². The van der Waals surface area contributed by atoms with Gasteiger partial charge < -0.3 is 10.1 Å². The summed E-state index contributed by atoms with van der Waals surface area (Å²) in [5, 5.41) is 3.62. The first-order valence-corrected chi connectivity index (χ1v) is 6.88. The number of ether oxygens (including phenoxy) is 1. The van der Waals surface area contributed by atoms with Crippen LogP contribution < -0.4 is 5.32 Å². The molecule has 0 aliphatic rings. The largest absolute Gasteiger partial charge is 0.377 e. The highest BCUT2D eigenvalue weighted by Gasteiger charge is 2.35. The molecule has 16 heavy (non-hydrogen) atoms.